The van der Waals surface area contributed by atoms with Crippen LogP contribution in [0, 0.1) is 5.92 Å². The quantitative estimate of drug-likeness (QED) is 0.636. The summed E-state index contributed by atoms with van der Waals surface area (Å²) in [6.45, 7) is 4.15. The number of fused-ring (bicyclic) bond motifs is 1. The lowest BCUT2D eigenvalue weighted by Crippen LogP contribution is -2.57. The fourth-order valence-corrected chi connectivity index (χ4v) is 4.89. The SMILES string of the molecule is C=CCN1C(=O)C2C(c3ccc(-c4ccccc4)cc3)=CSC2NC1=S. The largest absolute Gasteiger partial charge is 0.349 e. The molecule has 2 aromatic carbocycles. The van der Waals surface area contributed by atoms with Crippen LogP contribution < -0.4 is 5.32 Å². The molecule has 3 nitrogen and oxygen atoms in total. The summed E-state index contributed by atoms with van der Waals surface area (Å²) in [6, 6.07) is 18.7. The predicted molar refractivity (Wildman–Crippen MR) is 112 cm³/mol. The highest BCUT2D eigenvalue weighted by atomic mass is 32.2. The summed E-state index contributed by atoms with van der Waals surface area (Å²) in [7, 11) is 0. The molecular weight excluding hydrogens is 360 g/mol. The first kappa shape index (κ1) is 17.1. The van der Waals surface area contributed by atoms with E-state index in [1.165, 1.54) is 11.1 Å². The molecule has 0 aromatic heterocycles. The third-order valence-electron chi connectivity index (χ3n) is 4.66. The number of nitrogens with zero attached hydrogens (tertiary/aromatic N) is 1. The van der Waals surface area contributed by atoms with Gasteiger partial charge in [0.25, 0.3) is 0 Å². The molecule has 5 heteroatoms. The zero-order chi connectivity index (χ0) is 18.1. The zero-order valence-corrected chi connectivity index (χ0v) is 15.7. The van der Waals surface area contributed by atoms with Gasteiger partial charge in [0, 0.05) is 6.54 Å². The highest BCUT2D eigenvalue weighted by molar-refractivity contribution is 8.03. The Balaban J connectivity index is 1.61. The topological polar surface area (TPSA) is 32.3 Å². The maximum absolute atomic E-state index is 13.0. The molecule has 2 atom stereocenters. The number of amides is 1. The van der Waals surface area contributed by atoms with Crippen LogP contribution in [0.4, 0.5) is 0 Å². The first-order chi connectivity index (χ1) is 12.7. The second kappa shape index (κ2) is 7.09. The Hall–Kier alpha value is -2.37. The molecule has 1 fully saturated rings. The van der Waals surface area contributed by atoms with Gasteiger partial charge in [-0.05, 0) is 39.9 Å². The van der Waals surface area contributed by atoms with Crippen molar-refractivity contribution in [1.82, 2.24) is 10.2 Å². The van der Waals surface area contributed by atoms with E-state index in [0.717, 1.165) is 11.1 Å². The minimum atomic E-state index is -0.228. The van der Waals surface area contributed by atoms with E-state index in [9.17, 15) is 4.79 Å². The summed E-state index contributed by atoms with van der Waals surface area (Å²) in [5.41, 5.74) is 4.48. The fraction of sp³-hybridized carbons (Fsp3) is 0.143. The average molecular weight is 379 g/mol. The smallest absolute Gasteiger partial charge is 0.239 e. The van der Waals surface area contributed by atoms with Gasteiger partial charge in [0.2, 0.25) is 5.91 Å². The minimum Gasteiger partial charge on any atom is -0.349 e. The lowest BCUT2D eigenvalue weighted by atomic mass is 9.90. The lowest BCUT2D eigenvalue weighted by molar-refractivity contribution is -0.130. The minimum absolute atomic E-state index is 0.0279. The van der Waals surface area contributed by atoms with Gasteiger partial charge in [0.15, 0.2) is 5.11 Å². The predicted octanol–water partition coefficient (Wildman–Crippen LogP) is 4.29. The van der Waals surface area contributed by atoms with Crippen LogP contribution >= 0.6 is 24.0 Å². The number of thiocarbonyl (C=S) groups is 1. The van der Waals surface area contributed by atoms with Gasteiger partial charge < -0.3 is 5.32 Å². The Labute approximate surface area is 162 Å². The monoisotopic (exact) mass is 378 g/mol. The molecule has 1 amide bonds. The first-order valence-corrected chi connectivity index (χ1v) is 9.78. The van der Waals surface area contributed by atoms with Crippen molar-refractivity contribution < 1.29 is 4.79 Å². The van der Waals surface area contributed by atoms with E-state index in [1.54, 1.807) is 22.7 Å². The lowest BCUT2D eigenvalue weighted by Gasteiger charge is -2.36. The fourth-order valence-electron chi connectivity index (χ4n) is 3.34. The number of thioether (sulfide) groups is 1. The molecule has 0 saturated carbocycles. The standard InChI is InChI=1S/C21H18N2OS2/c1-2-12-23-20(24)18-17(13-26-19(18)22-21(23)25)16-10-8-15(9-11-16)14-6-4-3-5-7-14/h2-11,13,18-19H,1,12H2,(H,22,25). The molecule has 130 valence electrons. The number of benzene rings is 2. The Morgan fingerprint density at radius 2 is 1.73 bits per heavy atom. The van der Waals surface area contributed by atoms with E-state index in [1.807, 2.05) is 18.2 Å². The molecular formula is C21H18N2OS2. The van der Waals surface area contributed by atoms with Crippen LogP contribution in [-0.2, 0) is 4.79 Å². The number of hydrogen-bond donors (Lipinski definition) is 1. The van der Waals surface area contributed by atoms with Crippen LogP contribution in [0.25, 0.3) is 16.7 Å². The highest BCUT2D eigenvalue weighted by Gasteiger charge is 2.44. The second-order valence-corrected chi connectivity index (χ2v) is 7.64. The van der Waals surface area contributed by atoms with Gasteiger partial charge in [0.1, 0.15) is 0 Å². The summed E-state index contributed by atoms with van der Waals surface area (Å²) in [6.07, 6.45) is 1.70. The highest BCUT2D eigenvalue weighted by Crippen LogP contribution is 2.43. The molecule has 4 rings (SSSR count). The zero-order valence-electron chi connectivity index (χ0n) is 14.1. The van der Waals surface area contributed by atoms with E-state index in [2.05, 4.69) is 53.7 Å². The average Bonchev–Trinajstić information content (AvgIpc) is 3.10. The molecule has 2 aliphatic heterocycles. The van der Waals surface area contributed by atoms with Crippen LogP contribution in [0.3, 0.4) is 0 Å². The van der Waals surface area contributed by atoms with Crippen molar-refractivity contribution in [2.45, 2.75) is 5.37 Å². The van der Waals surface area contributed by atoms with E-state index >= 15 is 0 Å². The number of rotatable bonds is 4. The van der Waals surface area contributed by atoms with E-state index in [0.29, 0.717) is 11.7 Å². The molecule has 26 heavy (non-hydrogen) atoms. The van der Waals surface area contributed by atoms with Crippen molar-refractivity contribution >= 4 is 40.6 Å². The Kier molecular flexibility index (Phi) is 4.66. The molecule has 2 unspecified atom stereocenters. The Morgan fingerprint density at radius 3 is 2.42 bits per heavy atom. The molecule has 1 N–H and O–H groups in total. The van der Waals surface area contributed by atoms with Crippen molar-refractivity contribution in [3.63, 3.8) is 0 Å². The van der Waals surface area contributed by atoms with Crippen molar-refractivity contribution in [3.05, 3.63) is 78.2 Å². The van der Waals surface area contributed by atoms with Crippen LogP contribution in [0.15, 0.2) is 72.7 Å². The van der Waals surface area contributed by atoms with Crippen molar-refractivity contribution in [2.24, 2.45) is 5.92 Å². The van der Waals surface area contributed by atoms with Crippen LogP contribution in [-0.4, -0.2) is 27.8 Å². The summed E-state index contributed by atoms with van der Waals surface area (Å²) in [5, 5.41) is 5.82. The van der Waals surface area contributed by atoms with E-state index in [-0.39, 0.29) is 17.2 Å². The number of carbonyl (C=O) groups is 1. The number of carbonyl (C=O) groups excluding carboxylic acids is 1. The molecule has 0 bridgehead atoms. The maximum Gasteiger partial charge on any atom is 0.239 e. The number of nitrogens with one attached hydrogen (secondary N) is 1. The van der Waals surface area contributed by atoms with Crippen molar-refractivity contribution in [1.29, 1.82) is 0 Å². The van der Waals surface area contributed by atoms with Crippen LogP contribution in [0.5, 0.6) is 0 Å². The summed E-state index contributed by atoms with van der Waals surface area (Å²) in [4.78, 5) is 14.6. The molecule has 0 spiro atoms. The van der Waals surface area contributed by atoms with E-state index < -0.39 is 0 Å². The first-order valence-electron chi connectivity index (χ1n) is 8.43. The van der Waals surface area contributed by atoms with Gasteiger partial charge in [-0.1, -0.05) is 60.7 Å². The maximum atomic E-state index is 13.0. The van der Waals surface area contributed by atoms with Crippen molar-refractivity contribution in [3.8, 4) is 11.1 Å². The van der Waals surface area contributed by atoms with Gasteiger partial charge >= 0.3 is 0 Å². The molecule has 0 aliphatic carbocycles. The molecule has 0 radical (unpaired) electrons. The van der Waals surface area contributed by atoms with Gasteiger partial charge in [-0.2, -0.15) is 0 Å². The van der Waals surface area contributed by atoms with Gasteiger partial charge in [-0.3, -0.25) is 9.69 Å². The second-order valence-electron chi connectivity index (χ2n) is 6.24. The third-order valence-corrected chi connectivity index (χ3v) is 6.07. The molecule has 1 saturated heterocycles. The third kappa shape index (κ3) is 2.97. The summed E-state index contributed by atoms with van der Waals surface area (Å²) < 4.78 is 0. The Morgan fingerprint density at radius 1 is 1.08 bits per heavy atom. The summed E-state index contributed by atoms with van der Waals surface area (Å²) >= 11 is 6.95. The van der Waals surface area contributed by atoms with Gasteiger partial charge in [0.05, 0.1) is 11.3 Å². The van der Waals surface area contributed by atoms with Crippen LogP contribution in [0.1, 0.15) is 5.56 Å². The van der Waals surface area contributed by atoms with Crippen LogP contribution in [0.2, 0.25) is 0 Å². The van der Waals surface area contributed by atoms with Crippen molar-refractivity contribution in [2.75, 3.05) is 6.54 Å². The normalized spacial score (nSPS) is 21.8. The van der Waals surface area contributed by atoms with E-state index in [4.69, 9.17) is 12.2 Å². The molecule has 2 heterocycles. The summed E-state index contributed by atoms with van der Waals surface area (Å²) in [5.74, 6) is -0.184. The van der Waals surface area contributed by atoms with Gasteiger partial charge in [-0.25, -0.2) is 0 Å². The molecule has 2 aromatic rings. The molecule has 2 aliphatic rings. The van der Waals surface area contributed by atoms with Gasteiger partial charge in [-0.15, -0.1) is 18.3 Å². The Bertz CT molecular complexity index is 890. The number of hydrogen-bond acceptors (Lipinski definition) is 3.